The standard InChI is InChI=1S/C17H22N2O3.C8H7N/c1-7-13-9-8-10-14(11-13)18-15(20)12(2)19(6)16(21)22-17(3,4)5;1-2-7-4-3-5-8(9)6-7/h1,8-12H,2-6H3,(H,18,20);1,3-6H,9H2/t12-;/m0./s1. The van der Waals surface area contributed by atoms with Crippen molar-refractivity contribution in [2.45, 2.75) is 39.3 Å². The Hall–Kier alpha value is -3.90. The van der Waals surface area contributed by atoms with Gasteiger partial charge >= 0.3 is 6.09 Å². The van der Waals surface area contributed by atoms with Crippen LogP contribution in [0.5, 0.6) is 0 Å². The Bertz CT molecular complexity index is 994. The van der Waals surface area contributed by atoms with Gasteiger partial charge in [0.2, 0.25) is 5.91 Å². The molecule has 31 heavy (non-hydrogen) atoms. The van der Waals surface area contributed by atoms with Gasteiger partial charge in [-0.05, 0) is 64.1 Å². The van der Waals surface area contributed by atoms with Crippen molar-refractivity contribution < 1.29 is 14.3 Å². The van der Waals surface area contributed by atoms with Gasteiger partial charge in [0.05, 0.1) is 0 Å². The monoisotopic (exact) mass is 419 g/mol. The van der Waals surface area contributed by atoms with Crippen molar-refractivity contribution in [1.29, 1.82) is 0 Å². The summed E-state index contributed by atoms with van der Waals surface area (Å²) in [5.74, 6) is 4.67. The van der Waals surface area contributed by atoms with E-state index in [1.807, 2.05) is 12.1 Å². The molecule has 0 saturated heterocycles. The predicted molar refractivity (Wildman–Crippen MR) is 125 cm³/mol. The van der Waals surface area contributed by atoms with Crippen LogP contribution < -0.4 is 11.1 Å². The maximum atomic E-state index is 12.2. The smallest absolute Gasteiger partial charge is 0.410 e. The van der Waals surface area contributed by atoms with E-state index in [9.17, 15) is 9.59 Å². The second-order valence-corrected chi connectivity index (χ2v) is 7.75. The fourth-order valence-electron chi connectivity index (χ4n) is 2.23. The van der Waals surface area contributed by atoms with Gasteiger partial charge in [0, 0.05) is 29.5 Å². The highest BCUT2D eigenvalue weighted by Gasteiger charge is 2.26. The largest absolute Gasteiger partial charge is 0.444 e. The van der Waals surface area contributed by atoms with Crippen LogP contribution in [0.1, 0.15) is 38.8 Å². The van der Waals surface area contributed by atoms with Crippen molar-refractivity contribution in [3.63, 3.8) is 0 Å². The lowest BCUT2D eigenvalue weighted by atomic mass is 10.2. The van der Waals surface area contributed by atoms with Gasteiger partial charge in [-0.15, -0.1) is 12.8 Å². The fourth-order valence-corrected chi connectivity index (χ4v) is 2.23. The molecule has 0 radical (unpaired) electrons. The molecule has 6 nitrogen and oxygen atoms in total. The molecule has 2 aromatic rings. The number of likely N-dealkylation sites (N-methyl/N-ethyl adjacent to an activating group) is 1. The van der Waals surface area contributed by atoms with Gasteiger partial charge < -0.3 is 15.8 Å². The summed E-state index contributed by atoms with van der Waals surface area (Å²) in [6.07, 6.45) is 9.89. The highest BCUT2D eigenvalue weighted by Crippen LogP contribution is 2.13. The average Bonchev–Trinajstić information content (AvgIpc) is 2.71. The lowest BCUT2D eigenvalue weighted by molar-refractivity contribution is -0.120. The number of terminal acetylenes is 2. The van der Waals surface area contributed by atoms with Gasteiger partial charge in [-0.1, -0.05) is 24.0 Å². The highest BCUT2D eigenvalue weighted by atomic mass is 16.6. The van der Waals surface area contributed by atoms with Crippen LogP contribution in [0.2, 0.25) is 0 Å². The summed E-state index contributed by atoms with van der Waals surface area (Å²) in [6, 6.07) is 13.5. The highest BCUT2D eigenvalue weighted by molar-refractivity contribution is 5.96. The van der Waals surface area contributed by atoms with Crippen LogP contribution in [0, 0.1) is 24.7 Å². The summed E-state index contributed by atoms with van der Waals surface area (Å²) in [5.41, 5.74) is 7.63. The van der Waals surface area contributed by atoms with Gasteiger partial charge in [-0.25, -0.2) is 4.79 Å². The number of nitrogens with two attached hydrogens (primary N) is 1. The molecule has 0 aliphatic rings. The molecule has 2 amide bonds. The van der Waals surface area contributed by atoms with E-state index in [-0.39, 0.29) is 5.91 Å². The number of hydrogen-bond donors (Lipinski definition) is 2. The number of ether oxygens (including phenoxy) is 1. The Labute approximate surface area is 184 Å². The Morgan fingerprint density at radius 1 is 1.06 bits per heavy atom. The third-order valence-electron chi connectivity index (χ3n) is 3.99. The first-order valence-electron chi connectivity index (χ1n) is 9.62. The second-order valence-electron chi connectivity index (χ2n) is 7.75. The van der Waals surface area contributed by atoms with Crippen molar-refractivity contribution in [2.75, 3.05) is 18.1 Å². The van der Waals surface area contributed by atoms with E-state index in [1.165, 1.54) is 11.9 Å². The zero-order valence-corrected chi connectivity index (χ0v) is 18.6. The molecule has 0 unspecified atom stereocenters. The minimum absolute atomic E-state index is 0.317. The topological polar surface area (TPSA) is 84.7 Å². The first kappa shape index (κ1) is 25.1. The lowest BCUT2D eigenvalue weighted by Crippen LogP contribution is -2.45. The summed E-state index contributed by atoms with van der Waals surface area (Å²) >= 11 is 0. The molecule has 0 fully saturated rings. The molecule has 6 heteroatoms. The van der Waals surface area contributed by atoms with Crippen molar-refractivity contribution >= 4 is 23.4 Å². The predicted octanol–water partition coefficient (Wildman–Crippen LogP) is 4.11. The van der Waals surface area contributed by atoms with Crippen LogP contribution >= 0.6 is 0 Å². The zero-order valence-electron chi connectivity index (χ0n) is 18.6. The molecule has 0 saturated carbocycles. The molecular formula is C25H29N3O3. The van der Waals surface area contributed by atoms with Gasteiger partial charge in [0.1, 0.15) is 11.6 Å². The van der Waals surface area contributed by atoms with Crippen molar-refractivity contribution in [1.82, 2.24) is 4.90 Å². The maximum Gasteiger partial charge on any atom is 0.410 e. The number of nitrogens with zero attached hydrogens (tertiary/aromatic N) is 1. The fraction of sp³-hybridized carbons (Fsp3) is 0.280. The molecule has 0 bridgehead atoms. The third kappa shape index (κ3) is 8.97. The Kier molecular flexibility index (Phi) is 9.19. The van der Waals surface area contributed by atoms with Crippen LogP contribution in [-0.4, -0.2) is 35.6 Å². The molecule has 0 aromatic heterocycles. The summed E-state index contributed by atoms with van der Waals surface area (Å²) < 4.78 is 5.24. The quantitative estimate of drug-likeness (QED) is 0.579. The van der Waals surface area contributed by atoms with Crippen molar-refractivity contribution in [2.24, 2.45) is 0 Å². The van der Waals surface area contributed by atoms with Crippen LogP contribution in [-0.2, 0) is 9.53 Å². The number of amides is 2. The molecule has 0 aliphatic heterocycles. The number of benzene rings is 2. The van der Waals surface area contributed by atoms with Crippen LogP contribution in [0.3, 0.4) is 0 Å². The summed E-state index contributed by atoms with van der Waals surface area (Å²) in [4.78, 5) is 25.4. The van der Waals surface area contributed by atoms with Crippen LogP contribution in [0.4, 0.5) is 16.2 Å². The van der Waals surface area contributed by atoms with E-state index in [0.29, 0.717) is 16.9 Å². The number of anilines is 2. The molecule has 2 rings (SSSR count). The SMILES string of the molecule is C#Cc1cccc(N)c1.C#Cc1cccc(NC(=O)[C@H](C)N(C)C(=O)OC(C)(C)C)c1. The van der Waals surface area contributed by atoms with Gasteiger partial charge in [0.15, 0.2) is 0 Å². The van der Waals surface area contributed by atoms with Gasteiger partial charge in [-0.2, -0.15) is 0 Å². The number of carbonyl (C=O) groups is 2. The molecular weight excluding hydrogens is 390 g/mol. The molecule has 0 aliphatic carbocycles. The zero-order chi connectivity index (χ0) is 23.6. The average molecular weight is 420 g/mol. The van der Waals surface area contributed by atoms with Gasteiger partial charge in [-0.3, -0.25) is 9.69 Å². The number of hydrogen-bond acceptors (Lipinski definition) is 4. The van der Waals surface area contributed by atoms with E-state index in [1.54, 1.807) is 64.1 Å². The second kappa shape index (κ2) is 11.3. The number of nitrogen functional groups attached to an aromatic ring is 1. The van der Waals surface area contributed by atoms with Crippen molar-refractivity contribution in [3.05, 3.63) is 59.7 Å². The van der Waals surface area contributed by atoms with E-state index in [4.69, 9.17) is 23.3 Å². The van der Waals surface area contributed by atoms with E-state index in [0.717, 1.165) is 5.56 Å². The summed E-state index contributed by atoms with van der Waals surface area (Å²) in [6.45, 7) is 6.95. The minimum Gasteiger partial charge on any atom is -0.444 e. The number of nitrogens with one attached hydrogen (secondary N) is 1. The maximum absolute atomic E-state index is 12.2. The third-order valence-corrected chi connectivity index (χ3v) is 3.99. The normalized spacial score (nSPS) is 10.9. The Morgan fingerprint density at radius 2 is 1.61 bits per heavy atom. The molecule has 1 atom stereocenters. The molecule has 0 spiro atoms. The molecule has 3 N–H and O–H groups in total. The molecule has 0 heterocycles. The first-order chi connectivity index (χ1) is 14.5. The Balaban J connectivity index is 0.000000442. The number of carbonyl (C=O) groups excluding carboxylic acids is 2. The first-order valence-corrected chi connectivity index (χ1v) is 9.62. The molecule has 162 valence electrons. The summed E-state index contributed by atoms with van der Waals surface area (Å²) in [7, 11) is 1.52. The van der Waals surface area contributed by atoms with E-state index < -0.39 is 17.7 Å². The van der Waals surface area contributed by atoms with Gasteiger partial charge in [0.25, 0.3) is 0 Å². The minimum atomic E-state index is -0.677. The lowest BCUT2D eigenvalue weighted by Gasteiger charge is -2.28. The number of rotatable bonds is 3. The van der Waals surface area contributed by atoms with Crippen LogP contribution in [0.25, 0.3) is 0 Å². The molecule has 2 aromatic carbocycles. The van der Waals surface area contributed by atoms with E-state index in [2.05, 4.69) is 17.2 Å². The van der Waals surface area contributed by atoms with Crippen LogP contribution in [0.15, 0.2) is 48.5 Å². The van der Waals surface area contributed by atoms with E-state index >= 15 is 0 Å². The van der Waals surface area contributed by atoms with Crippen molar-refractivity contribution in [3.8, 4) is 24.7 Å². The summed E-state index contributed by atoms with van der Waals surface area (Å²) in [5, 5.41) is 2.73. The Morgan fingerprint density at radius 3 is 2.10 bits per heavy atom.